The maximum Gasteiger partial charge on any atom is 0.116 e. The van der Waals surface area contributed by atoms with Crippen molar-refractivity contribution in [1.29, 1.82) is 0 Å². The molecule has 2 aromatic carbocycles. The van der Waals surface area contributed by atoms with Gasteiger partial charge >= 0.3 is 0 Å². The van der Waals surface area contributed by atoms with Crippen LogP contribution in [0, 0.1) is 13.8 Å². The molecule has 0 saturated heterocycles. The number of benzene rings is 2. The summed E-state index contributed by atoms with van der Waals surface area (Å²) in [6.45, 7) is 4.16. The highest BCUT2D eigenvalue weighted by Crippen LogP contribution is 2.28. The van der Waals surface area contributed by atoms with Crippen LogP contribution in [0.2, 0.25) is 0 Å². The highest BCUT2D eigenvalue weighted by atomic mass is 15.3. The monoisotopic (exact) mass is 263 g/mol. The van der Waals surface area contributed by atoms with Gasteiger partial charge < -0.3 is 5.73 Å². The summed E-state index contributed by atoms with van der Waals surface area (Å²) >= 11 is 0. The number of nitrogens with zero attached hydrogens (tertiary/aromatic N) is 2. The third-order valence-electron chi connectivity index (χ3n) is 3.41. The number of rotatable bonds is 2. The first-order valence-electron chi connectivity index (χ1n) is 6.63. The van der Waals surface area contributed by atoms with Crippen molar-refractivity contribution in [2.45, 2.75) is 13.8 Å². The summed E-state index contributed by atoms with van der Waals surface area (Å²) in [6, 6.07) is 16.3. The quantitative estimate of drug-likeness (QED) is 0.765. The van der Waals surface area contributed by atoms with Crippen LogP contribution in [0.15, 0.2) is 54.7 Å². The second-order valence-corrected chi connectivity index (χ2v) is 5.03. The third-order valence-corrected chi connectivity index (χ3v) is 3.41. The first-order chi connectivity index (χ1) is 9.65. The Balaban J connectivity index is 2.12. The van der Waals surface area contributed by atoms with Crippen molar-refractivity contribution in [3.63, 3.8) is 0 Å². The number of aryl methyl sites for hydroxylation is 2. The normalized spacial score (nSPS) is 10.7. The lowest BCUT2D eigenvalue weighted by atomic mass is 10.0. The topological polar surface area (TPSA) is 43.8 Å². The lowest BCUT2D eigenvalue weighted by Crippen LogP contribution is -1.94. The van der Waals surface area contributed by atoms with Gasteiger partial charge in [0.15, 0.2) is 0 Å². The van der Waals surface area contributed by atoms with Crippen LogP contribution in [0.4, 0.5) is 5.69 Å². The standard InChI is InChI=1S/C17H17N3/c1-12-8-9-13(2)15(10-12)17-16(18)11-20(19-17)14-6-4-3-5-7-14/h3-11H,18H2,1-2H3. The number of nitrogens with two attached hydrogens (primary N) is 1. The van der Waals surface area contributed by atoms with Gasteiger partial charge in [-0.3, -0.25) is 0 Å². The Bertz CT molecular complexity index is 742. The fourth-order valence-corrected chi connectivity index (χ4v) is 2.30. The maximum atomic E-state index is 6.15. The first-order valence-corrected chi connectivity index (χ1v) is 6.63. The van der Waals surface area contributed by atoms with E-state index >= 15 is 0 Å². The Hall–Kier alpha value is -2.55. The van der Waals surface area contributed by atoms with Crippen LogP contribution in [0.25, 0.3) is 16.9 Å². The molecule has 3 heteroatoms. The molecule has 0 atom stereocenters. The molecule has 0 amide bonds. The number of hydrogen-bond acceptors (Lipinski definition) is 2. The molecule has 0 unspecified atom stereocenters. The Labute approximate surface area is 118 Å². The van der Waals surface area contributed by atoms with E-state index < -0.39 is 0 Å². The van der Waals surface area contributed by atoms with Gasteiger partial charge in [-0.05, 0) is 37.6 Å². The zero-order chi connectivity index (χ0) is 14.1. The van der Waals surface area contributed by atoms with Gasteiger partial charge in [-0.25, -0.2) is 4.68 Å². The van der Waals surface area contributed by atoms with Crippen molar-refractivity contribution in [3.8, 4) is 16.9 Å². The van der Waals surface area contributed by atoms with E-state index in [4.69, 9.17) is 5.73 Å². The number of hydrogen-bond donors (Lipinski definition) is 1. The van der Waals surface area contributed by atoms with Crippen LogP contribution in [0.3, 0.4) is 0 Å². The van der Waals surface area contributed by atoms with Crippen LogP contribution in [0.5, 0.6) is 0 Å². The van der Waals surface area contributed by atoms with Crippen LogP contribution in [0.1, 0.15) is 11.1 Å². The third kappa shape index (κ3) is 2.18. The average molecular weight is 263 g/mol. The van der Waals surface area contributed by atoms with E-state index in [-0.39, 0.29) is 0 Å². The van der Waals surface area contributed by atoms with Crippen molar-refractivity contribution in [3.05, 3.63) is 65.9 Å². The largest absolute Gasteiger partial charge is 0.396 e. The van der Waals surface area contributed by atoms with E-state index in [9.17, 15) is 0 Å². The molecule has 0 saturated carbocycles. The molecule has 2 N–H and O–H groups in total. The second kappa shape index (κ2) is 4.85. The molecule has 1 heterocycles. The predicted molar refractivity (Wildman–Crippen MR) is 82.9 cm³/mol. The molecular weight excluding hydrogens is 246 g/mol. The molecule has 0 aliphatic heterocycles. The highest BCUT2D eigenvalue weighted by molar-refractivity contribution is 5.75. The second-order valence-electron chi connectivity index (χ2n) is 5.03. The van der Waals surface area contributed by atoms with Gasteiger partial charge in [0, 0.05) is 5.56 Å². The number of anilines is 1. The predicted octanol–water partition coefficient (Wildman–Crippen LogP) is 3.74. The summed E-state index contributed by atoms with van der Waals surface area (Å²) in [5.74, 6) is 0. The maximum absolute atomic E-state index is 6.15. The zero-order valence-corrected chi connectivity index (χ0v) is 11.7. The van der Waals surface area contributed by atoms with Gasteiger partial charge in [0.25, 0.3) is 0 Å². The van der Waals surface area contributed by atoms with Crippen molar-refractivity contribution in [2.24, 2.45) is 0 Å². The summed E-state index contributed by atoms with van der Waals surface area (Å²) in [5.41, 5.74) is 12.2. The minimum absolute atomic E-state index is 0.697. The molecule has 20 heavy (non-hydrogen) atoms. The highest BCUT2D eigenvalue weighted by Gasteiger charge is 2.11. The summed E-state index contributed by atoms with van der Waals surface area (Å²) in [5, 5.41) is 4.64. The van der Waals surface area contributed by atoms with Gasteiger partial charge in [0.1, 0.15) is 5.69 Å². The molecule has 3 nitrogen and oxygen atoms in total. The van der Waals surface area contributed by atoms with E-state index in [1.807, 2.05) is 41.2 Å². The molecular formula is C17H17N3. The molecule has 0 spiro atoms. The van der Waals surface area contributed by atoms with Crippen LogP contribution in [-0.4, -0.2) is 9.78 Å². The van der Waals surface area contributed by atoms with E-state index in [0.29, 0.717) is 5.69 Å². The van der Waals surface area contributed by atoms with Crippen molar-refractivity contribution in [1.82, 2.24) is 9.78 Å². The van der Waals surface area contributed by atoms with Crippen LogP contribution < -0.4 is 5.73 Å². The van der Waals surface area contributed by atoms with E-state index in [1.165, 1.54) is 11.1 Å². The minimum Gasteiger partial charge on any atom is -0.396 e. The van der Waals surface area contributed by atoms with Gasteiger partial charge in [0.2, 0.25) is 0 Å². The fourth-order valence-electron chi connectivity index (χ4n) is 2.30. The van der Waals surface area contributed by atoms with Crippen LogP contribution in [-0.2, 0) is 0 Å². The Morgan fingerprint density at radius 3 is 2.50 bits per heavy atom. The zero-order valence-electron chi connectivity index (χ0n) is 11.7. The fraction of sp³-hybridized carbons (Fsp3) is 0.118. The summed E-state index contributed by atoms with van der Waals surface area (Å²) in [7, 11) is 0. The molecule has 0 aliphatic rings. The van der Waals surface area contributed by atoms with Crippen molar-refractivity contribution in [2.75, 3.05) is 5.73 Å². The Kier molecular flexibility index (Phi) is 3.03. The molecule has 1 aromatic heterocycles. The summed E-state index contributed by atoms with van der Waals surface area (Å²) < 4.78 is 1.83. The number of nitrogen functional groups attached to an aromatic ring is 1. The Morgan fingerprint density at radius 2 is 1.75 bits per heavy atom. The molecule has 0 bridgehead atoms. The van der Waals surface area contributed by atoms with Gasteiger partial charge in [-0.2, -0.15) is 5.10 Å². The van der Waals surface area contributed by atoms with Crippen LogP contribution >= 0.6 is 0 Å². The molecule has 0 aliphatic carbocycles. The van der Waals surface area contributed by atoms with E-state index in [1.54, 1.807) is 0 Å². The summed E-state index contributed by atoms with van der Waals surface area (Å²) in [6.07, 6.45) is 1.87. The molecule has 100 valence electrons. The van der Waals surface area contributed by atoms with Gasteiger partial charge in [0.05, 0.1) is 17.6 Å². The molecule has 3 rings (SSSR count). The lowest BCUT2D eigenvalue weighted by molar-refractivity contribution is 0.884. The number of para-hydroxylation sites is 1. The molecule has 0 radical (unpaired) electrons. The van der Waals surface area contributed by atoms with Crippen molar-refractivity contribution < 1.29 is 0 Å². The smallest absolute Gasteiger partial charge is 0.116 e. The molecule has 0 fully saturated rings. The van der Waals surface area contributed by atoms with E-state index in [2.05, 4.69) is 37.1 Å². The van der Waals surface area contributed by atoms with E-state index in [0.717, 1.165) is 16.9 Å². The number of aromatic nitrogens is 2. The minimum atomic E-state index is 0.697. The lowest BCUT2D eigenvalue weighted by Gasteiger charge is -2.05. The van der Waals surface area contributed by atoms with Crippen molar-refractivity contribution >= 4 is 5.69 Å². The van der Waals surface area contributed by atoms with Gasteiger partial charge in [-0.15, -0.1) is 0 Å². The van der Waals surface area contributed by atoms with Gasteiger partial charge in [-0.1, -0.05) is 35.9 Å². The average Bonchev–Trinajstić information content (AvgIpc) is 2.84. The summed E-state index contributed by atoms with van der Waals surface area (Å²) in [4.78, 5) is 0. The SMILES string of the molecule is Cc1ccc(C)c(-c2nn(-c3ccccc3)cc2N)c1. The molecule has 3 aromatic rings. The Morgan fingerprint density at radius 1 is 1.00 bits per heavy atom. The first kappa shape index (κ1) is 12.5.